The fourth-order valence-electron chi connectivity index (χ4n) is 2.86. The van der Waals surface area contributed by atoms with Gasteiger partial charge in [0.05, 0.1) is 6.20 Å². The van der Waals surface area contributed by atoms with E-state index in [0.717, 1.165) is 0 Å². The van der Waals surface area contributed by atoms with Crippen molar-refractivity contribution in [2.24, 2.45) is 0 Å². The molecule has 2 aromatic carbocycles. The van der Waals surface area contributed by atoms with E-state index in [9.17, 15) is 16.8 Å². The molecular formula is C19H17N5O5S2. The smallest absolute Gasteiger partial charge is 0.241 e. The summed E-state index contributed by atoms with van der Waals surface area (Å²) >= 11 is 0. The van der Waals surface area contributed by atoms with Crippen molar-refractivity contribution >= 4 is 25.5 Å². The number of hydrogen-bond donors (Lipinski definition) is 2. The molecule has 2 N–H and O–H groups in total. The highest BCUT2D eigenvalue weighted by molar-refractivity contribution is 7.92. The summed E-state index contributed by atoms with van der Waals surface area (Å²) in [7, 11) is -7.72. The fourth-order valence-corrected chi connectivity index (χ4v) is 5.15. The Bertz CT molecular complexity index is 1380. The first kappa shape index (κ1) is 20.8. The zero-order valence-electron chi connectivity index (χ0n) is 16.0. The Balaban J connectivity index is 1.50. The number of H-pyrrole nitrogens is 1. The molecule has 0 atom stereocenters. The molecule has 31 heavy (non-hydrogen) atoms. The predicted molar refractivity (Wildman–Crippen MR) is 112 cm³/mol. The second-order valence-corrected chi connectivity index (χ2v) is 10.2. The van der Waals surface area contributed by atoms with Crippen LogP contribution in [-0.4, -0.2) is 37.2 Å². The lowest BCUT2D eigenvalue weighted by molar-refractivity contribution is 0.472. The highest BCUT2D eigenvalue weighted by Gasteiger charge is 2.26. The lowest BCUT2D eigenvalue weighted by Gasteiger charge is -2.05. The van der Waals surface area contributed by atoms with Gasteiger partial charge >= 0.3 is 0 Å². The topological polar surface area (TPSA) is 148 Å². The van der Waals surface area contributed by atoms with Crippen molar-refractivity contribution in [2.75, 3.05) is 4.72 Å². The highest BCUT2D eigenvalue weighted by atomic mass is 32.2. The largest absolute Gasteiger partial charge is 0.423 e. The molecule has 0 radical (unpaired) electrons. The summed E-state index contributed by atoms with van der Waals surface area (Å²) in [4.78, 5) is 0. The van der Waals surface area contributed by atoms with Gasteiger partial charge in [0.2, 0.25) is 31.6 Å². The molecule has 0 fully saturated rings. The number of aromatic nitrogens is 4. The van der Waals surface area contributed by atoms with Crippen molar-refractivity contribution in [3.8, 4) is 11.1 Å². The summed E-state index contributed by atoms with van der Waals surface area (Å²) in [6.07, 6.45) is 1.42. The lowest BCUT2D eigenvalue weighted by atomic mass is 10.1. The van der Waals surface area contributed by atoms with Crippen molar-refractivity contribution in [3.05, 3.63) is 78.6 Å². The molecule has 0 bridgehead atoms. The van der Waals surface area contributed by atoms with Gasteiger partial charge in [-0.1, -0.05) is 48.5 Å². The van der Waals surface area contributed by atoms with E-state index in [-0.39, 0.29) is 16.8 Å². The molecule has 0 aliphatic rings. The van der Waals surface area contributed by atoms with Gasteiger partial charge in [-0.3, -0.25) is 9.82 Å². The van der Waals surface area contributed by atoms with Gasteiger partial charge in [-0.2, -0.15) is 5.10 Å². The van der Waals surface area contributed by atoms with Crippen molar-refractivity contribution in [1.82, 2.24) is 20.4 Å². The van der Waals surface area contributed by atoms with E-state index in [0.29, 0.717) is 16.8 Å². The van der Waals surface area contributed by atoms with E-state index < -0.39 is 31.4 Å². The van der Waals surface area contributed by atoms with Crippen LogP contribution in [0.15, 0.2) is 76.3 Å². The molecule has 0 saturated carbocycles. The SMILES string of the molecule is O=S(=O)(Cc1nnc(CS(=O)(=O)c2[nH]ncc2-c2ccccc2)o1)Nc1ccccc1. The summed E-state index contributed by atoms with van der Waals surface area (Å²) in [5, 5.41) is 13.6. The maximum Gasteiger partial charge on any atom is 0.241 e. The van der Waals surface area contributed by atoms with E-state index in [4.69, 9.17) is 4.42 Å². The standard InChI is InChI=1S/C19H17N5O5S2/c25-30(26,19-16(11-20-23-19)14-7-3-1-4-8-14)12-17-21-22-18(29-17)13-31(27,28)24-15-9-5-2-6-10-15/h1-11,24H,12-13H2,(H,20,23). The van der Waals surface area contributed by atoms with Gasteiger partial charge in [0.25, 0.3) is 0 Å². The number of rotatable bonds is 8. The van der Waals surface area contributed by atoms with Crippen LogP contribution in [0, 0.1) is 0 Å². The first-order chi connectivity index (χ1) is 14.8. The average Bonchev–Trinajstić information content (AvgIpc) is 3.38. The number of para-hydroxylation sites is 1. The Morgan fingerprint density at radius 1 is 0.839 bits per heavy atom. The summed E-state index contributed by atoms with van der Waals surface area (Å²) in [6.45, 7) is 0. The Labute approximate surface area is 178 Å². The van der Waals surface area contributed by atoms with Crippen molar-refractivity contribution < 1.29 is 21.3 Å². The zero-order valence-corrected chi connectivity index (χ0v) is 17.6. The molecule has 0 aliphatic carbocycles. The van der Waals surface area contributed by atoms with Crippen LogP contribution in [0.1, 0.15) is 11.8 Å². The second kappa shape index (κ2) is 8.32. The lowest BCUT2D eigenvalue weighted by Crippen LogP contribution is -2.15. The number of aromatic amines is 1. The number of benzene rings is 2. The number of nitrogens with zero attached hydrogens (tertiary/aromatic N) is 3. The van der Waals surface area contributed by atoms with Gasteiger partial charge in [-0.05, 0) is 17.7 Å². The molecule has 4 rings (SSSR count). The number of sulfone groups is 1. The molecule has 2 aromatic heterocycles. The molecule has 0 aliphatic heterocycles. The minimum absolute atomic E-state index is 0.0863. The maximum absolute atomic E-state index is 12.9. The number of anilines is 1. The molecule has 0 unspecified atom stereocenters. The van der Waals surface area contributed by atoms with Gasteiger partial charge in [-0.15, -0.1) is 10.2 Å². The molecule has 0 amide bonds. The molecule has 4 aromatic rings. The second-order valence-electron chi connectivity index (χ2n) is 6.55. The van der Waals surface area contributed by atoms with E-state index >= 15 is 0 Å². The highest BCUT2D eigenvalue weighted by Crippen LogP contribution is 2.27. The molecular weight excluding hydrogens is 442 g/mol. The van der Waals surface area contributed by atoms with Gasteiger partial charge in [-0.25, -0.2) is 16.8 Å². The summed E-state index contributed by atoms with van der Waals surface area (Å²) < 4.78 is 58.0. The predicted octanol–water partition coefficient (Wildman–Crippen LogP) is 2.38. The van der Waals surface area contributed by atoms with Crippen molar-refractivity contribution in [1.29, 1.82) is 0 Å². The minimum Gasteiger partial charge on any atom is -0.423 e. The van der Waals surface area contributed by atoms with Gasteiger partial charge < -0.3 is 4.42 Å². The maximum atomic E-state index is 12.9. The molecule has 2 heterocycles. The summed E-state index contributed by atoms with van der Waals surface area (Å²) in [5.41, 5.74) is 1.48. The third-order valence-corrected chi connectivity index (χ3v) is 6.92. The third-order valence-electron chi connectivity index (χ3n) is 4.18. The molecule has 12 heteroatoms. The van der Waals surface area contributed by atoms with Crippen LogP contribution in [0.25, 0.3) is 11.1 Å². The third kappa shape index (κ3) is 4.98. The van der Waals surface area contributed by atoms with E-state index in [1.54, 1.807) is 54.6 Å². The normalized spacial score (nSPS) is 12.0. The summed E-state index contributed by atoms with van der Waals surface area (Å²) in [5.74, 6) is -1.64. The van der Waals surface area contributed by atoms with E-state index in [1.807, 2.05) is 6.07 Å². The molecule has 10 nitrogen and oxygen atoms in total. The van der Waals surface area contributed by atoms with Crippen LogP contribution in [0.2, 0.25) is 0 Å². The molecule has 0 saturated heterocycles. The van der Waals surface area contributed by atoms with Gasteiger partial charge in [0, 0.05) is 11.3 Å². The van der Waals surface area contributed by atoms with Crippen LogP contribution in [-0.2, 0) is 31.4 Å². The Morgan fingerprint density at radius 3 is 2.13 bits per heavy atom. The number of hydrogen-bond acceptors (Lipinski definition) is 8. The Hall–Kier alpha value is -3.51. The van der Waals surface area contributed by atoms with Crippen molar-refractivity contribution in [3.63, 3.8) is 0 Å². The van der Waals surface area contributed by atoms with Gasteiger partial charge in [0.1, 0.15) is 11.5 Å². The van der Waals surface area contributed by atoms with Crippen LogP contribution in [0.4, 0.5) is 5.69 Å². The number of nitrogens with one attached hydrogen (secondary N) is 2. The fraction of sp³-hybridized carbons (Fsp3) is 0.105. The van der Waals surface area contributed by atoms with Crippen LogP contribution < -0.4 is 4.72 Å². The monoisotopic (exact) mass is 459 g/mol. The van der Waals surface area contributed by atoms with E-state index in [2.05, 4.69) is 25.1 Å². The van der Waals surface area contributed by atoms with Crippen LogP contribution in [0.5, 0.6) is 0 Å². The average molecular weight is 460 g/mol. The van der Waals surface area contributed by atoms with Crippen molar-refractivity contribution in [2.45, 2.75) is 16.5 Å². The quantitative estimate of drug-likeness (QED) is 0.408. The first-order valence-electron chi connectivity index (χ1n) is 9.01. The first-order valence-corrected chi connectivity index (χ1v) is 12.3. The van der Waals surface area contributed by atoms with Crippen LogP contribution in [0.3, 0.4) is 0 Å². The molecule has 0 spiro atoms. The minimum atomic E-state index is -3.91. The number of sulfonamides is 1. The zero-order chi connectivity index (χ0) is 21.9. The van der Waals surface area contributed by atoms with Gasteiger partial charge in [0.15, 0.2) is 5.03 Å². The summed E-state index contributed by atoms with van der Waals surface area (Å²) in [6, 6.07) is 17.2. The Kier molecular flexibility index (Phi) is 5.57. The van der Waals surface area contributed by atoms with E-state index in [1.165, 1.54) is 6.20 Å². The van der Waals surface area contributed by atoms with Crippen LogP contribution >= 0.6 is 0 Å². The molecule has 160 valence electrons. The Morgan fingerprint density at radius 2 is 1.45 bits per heavy atom.